The molecule has 0 unspecified atom stereocenters. The van der Waals surface area contributed by atoms with Crippen LogP contribution in [0.5, 0.6) is 5.75 Å². The van der Waals surface area contributed by atoms with Gasteiger partial charge in [0.05, 0.1) is 23.0 Å². The minimum Gasteiger partial charge on any atom is -0.496 e. The Balaban J connectivity index is 2.37. The summed E-state index contributed by atoms with van der Waals surface area (Å²) < 4.78 is 33.6. The van der Waals surface area contributed by atoms with Gasteiger partial charge < -0.3 is 10.5 Å². The van der Waals surface area contributed by atoms with Crippen LogP contribution in [0.3, 0.4) is 0 Å². The number of methoxy groups -OCH3 is 1. The molecular formula is C13H12Br2N2O3S. The van der Waals surface area contributed by atoms with Crippen LogP contribution in [0.25, 0.3) is 0 Å². The summed E-state index contributed by atoms with van der Waals surface area (Å²) in [6.07, 6.45) is 0. The molecule has 0 amide bonds. The van der Waals surface area contributed by atoms with Crippen LogP contribution in [-0.4, -0.2) is 15.5 Å². The van der Waals surface area contributed by atoms with Gasteiger partial charge in [-0.15, -0.1) is 0 Å². The molecule has 8 heteroatoms. The van der Waals surface area contributed by atoms with Crippen LogP contribution in [0, 0.1) is 0 Å². The summed E-state index contributed by atoms with van der Waals surface area (Å²) in [7, 11) is -2.24. The van der Waals surface area contributed by atoms with Gasteiger partial charge in [-0.05, 0) is 52.3 Å². The third-order valence-electron chi connectivity index (χ3n) is 2.67. The molecule has 112 valence electrons. The highest BCUT2D eigenvalue weighted by atomic mass is 79.9. The molecule has 0 spiro atoms. The zero-order valence-electron chi connectivity index (χ0n) is 10.9. The molecule has 0 aromatic heterocycles. The zero-order chi connectivity index (χ0) is 15.6. The molecule has 0 saturated heterocycles. The van der Waals surface area contributed by atoms with Crippen LogP contribution in [-0.2, 0) is 10.0 Å². The Morgan fingerprint density at radius 2 is 1.86 bits per heavy atom. The van der Waals surface area contributed by atoms with Crippen LogP contribution in [0.1, 0.15) is 0 Å². The van der Waals surface area contributed by atoms with Crippen molar-refractivity contribution in [1.29, 1.82) is 0 Å². The molecule has 0 atom stereocenters. The number of sulfonamides is 1. The Morgan fingerprint density at radius 3 is 2.48 bits per heavy atom. The third kappa shape index (κ3) is 3.69. The molecule has 3 N–H and O–H groups in total. The van der Waals surface area contributed by atoms with Crippen molar-refractivity contribution in [3.63, 3.8) is 0 Å². The molecule has 2 aromatic carbocycles. The molecule has 0 bridgehead atoms. The standard InChI is InChI=1S/C13H12Br2N2O3S/c1-20-12-5-3-9(7-10(12)15)17-21(18,19)13-6-8(14)2-4-11(13)16/h2-7,17H,16H2,1H3. The summed E-state index contributed by atoms with van der Waals surface area (Å²) in [6, 6.07) is 9.54. The van der Waals surface area contributed by atoms with Crippen molar-refractivity contribution in [3.8, 4) is 5.75 Å². The zero-order valence-corrected chi connectivity index (χ0v) is 14.9. The lowest BCUT2D eigenvalue weighted by atomic mass is 10.3. The number of nitrogens with one attached hydrogen (secondary N) is 1. The van der Waals surface area contributed by atoms with E-state index >= 15 is 0 Å². The quantitative estimate of drug-likeness (QED) is 0.718. The number of benzene rings is 2. The fraction of sp³-hybridized carbons (Fsp3) is 0.0769. The Hall–Kier alpha value is -1.25. The number of halogens is 2. The largest absolute Gasteiger partial charge is 0.496 e. The average molecular weight is 436 g/mol. The average Bonchev–Trinajstić information content (AvgIpc) is 2.41. The minimum absolute atomic E-state index is 0.0174. The molecular weight excluding hydrogens is 424 g/mol. The summed E-state index contributed by atoms with van der Waals surface area (Å²) in [5, 5.41) is 0. The maximum absolute atomic E-state index is 12.4. The molecule has 0 radical (unpaired) electrons. The fourth-order valence-electron chi connectivity index (χ4n) is 1.68. The Labute approximate surface area is 139 Å². The van der Waals surface area contributed by atoms with Crippen molar-refractivity contribution in [3.05, 3.63) is 45.3 Å². The molecule has 0 aliphatic heterocycles. The van der Waals surface area contributed by atoms with Gasteiger partial charge in [0.2, 0.25) is 0 Å². The second kappa shape index (κ2) is 6.25. The van der Waals surface area contributed by atoms with Crippen LogP contribution < -0.4 is 15.2 Å². The Morgan fingerprint density at radius 1 is 1.14 bits per heavy atom. The number of nitrogens with two attached hydrogens (primary N) is 1. The van der Waals surface area contributed by atoms with E-state index in [0.717, 1.165) is 0 Å². The van der Waals surface area contributed by atoms with Gasteiger partial charge in [0.15, 0.2) is 0 Å². The first-order valence-corrected chi connectivity index (χ1v) is 8.82. The van der Waals surface area contributed by atoms with E-state index in [0.29, 0.717) is 20.4 Å². The van der Waals surface area contributed by atoms with E-state index in [-0.39, 0.29) is 10.6 Å². The number of hydrogen-bond acceptors (Lipinski definition) is 4. The summed E-state index contributed by atoms with van der Waals surface area (Å²) >= 11 is 6.54. The summed E-state index contributed by atoms with van der Waals surface area (Å²) in [6.45, 7) is 0. The van der Waals surface area contributed by atoms with E-state index in [9.17, 15) is 8.42 Å². The van der Waals surface area contributed by atoms with Crippen molar-refractivity contribution in [2.75, 3.05) is 17.6 Å². The van der Waals surface area contributed by atoms with Crippen LogP contribution in [0.2, 0.25) is 0 Å². The van der Waals surface area contributed by atoms with Gasteiger partial charge >= 0.3 is 0 Å². The van der Waals surface area contributed by atoms with Gasteiger partial charge in [-0.25, -0.2) is 8.42 Å². The van der Waals surface area contributed by atoms with Crippen LogP contribution in [0.4, 0.5) is 11.4 Å². The molecule has 2 rings (SSSR count). The normalized spacial score (nSPS) is 11.2. The summed E-state index contributed by atoms with van der Waals surface area (Å²) in [5.41, 5.74) is 6.32. The van der Waals surface area contributed by atoms with Crippen molar-refractivity contribution >= 4 is 53.3 Å². The van der Waals surface area contributed by atoms with Crippen molar-refractivity contribution < 1.29 is 13.2 Å². The third-order valence-corrected chi connectivity index (χ3v) is 5.22. The molecule has 2 aromatic rings. The van der Waals surface area contributed by atoms with E-state index < -0.39 is 10.0 Å². The predicted molar refractivity (Wildman–Crippen MR) is 90.1 cm³/mol. The number of hydrogen-bond donors (Lipinski definition) is 2. The number of anilines is 2. The number of nitrogen functional groups attached to an aromatic ring is 1. The summed E-state index contributed by atoms with van der Waals surface area (Å²) in [4.78, 5) is 0.0174. The van der Waals surface area contributed by atoms with Crippen LogP contribution in [0.15, 0.2) is 50.2 Å². The Bertz CT molecular complexity index is 779. The molecule has 0 aliphatic rings. The van der Waals surface area contributed by atoms with Gasteiger partial charge in [-0.3, -0.25) is 4.72 Å². The van der Waals surface area contributed by atoms with Crippen molar-refractivity contribution in [2.45, 2.75) is 4.90 Å². The maximum atomic E-state index is 12.4. The van der Waals surface area contributed by atoms with E-state index in [1.165, 1.54) is 19.2 Å². The van der Waals surface area contributed by atoms with E-state index in [4.69, 9.17) is 10.5 Å². The molecule has 21 heavy (non-hydrogen) atoms. The minimum atomic E-state index is -3.77. The molecule has 0 fully saturated rings. The highest BCUT2D eigenvalue weighted by Crippen LogP contribution is 2.30. The highest BCUT2D eigenvalue weighted by Gasteiger charge is 2.18. The smallest absolute Gasteiger partial charge is 0.263 e. The maximum Gasteiger partial charge on any atom is 0.263 e. The van der Waals surface area contributed by atoms with Gasteiger partial charge in [-0.2, -0.15) is 0 Å². The monoisotopic (exact) mass is 434 g/mol. The number of ether oxygens (including phenoxy) is 1. The fourth-order valence-corrected chi connectivity index (χ4v) is 3.94. The first kappa shape index (κ1) is 16.1. The SMILES string of the molecule is COc1ccc(NS(=O)(=O)c2cc(Br)ccc2N)cc1Br. The van der Waals surface area contributed by atoms with E-state index in [1.54, 1.807) is 24.3 Å². The first-order chi connectivity index (χ1) is 9.83. The second-order valence-corrected chi connectivity index (χ2v) is 7.56. The summed E-state index contributed by atoms with van der Waals surface area (Å²) in [5.74, 6) is 0.611. The van der Waals surface area contributed by atoms with Gasteiger partial charge in [0.25, 0.3) is 10.0 Å². The van der Waals surface area contributed by atoms with Crippen molar-refractivity contribution in [2.24, 2.45) is 0 Å². The molecule has 0 saturated carbocycles. The topological polar surface area (TPSA) is 81.4 Å². The van der Waals surface area contributed by atoms with Gasteiger partial charge in [-0.1, -0.05) is 15.9 Å². The molecule has 0 heterocycles. The lowest BCUT2D eigenvalue weighted by Gasteiger charge is -2.12. The lowest BCUT2D eigenvalue weighted by molar-refractivity contribution is 0.412. The lowest BCUT2D eigenvalue weighted by Crippen LogP contribution is -2.14. The van der Waals surface area contributed by atoms with Gasteiger partial charge in [0, 0.05) is 4.47 Å². The van der Waals surface area contributed by atoms with E-state index in [1.807, 2.05) is 0 Å². The highest BCUT2D eigenvalue weighted by molar-refractivity contribution is 9.10. The first-order valence-electron chi connectivity index (χ1n) is 5.75. The second-order valence-electron chi connectivity index (χ2n) is 4.14. The van der Waals surface area contributed by atoms with E-state index in [2.05, 4.69) is 36.6 Å². The molecule has 5 nitrogen and oxygen atoms in total. The Kier molecular flexibility index (Phi) is 4.80. The van der Waals surface area contributed by atoms with Gasteiger partial charge in [0.1, 0.15) is 10.6 Å². The molecule has 0 aliphatic carbocycles. The van der Waals surface area contributed by atoms with Crippen LogP contribution >= 0.6 is 31.9 Å². The predicted octanol–water partition coefficient (Wildman–Crippen LogP) is 3.60. The van der Waals surface area contributed by atoms with Crippen molar-refractivity contribution in [1.82, 2.24) is 0 Å². The number of rotatable bonds is 4.